The summed E-state index contributed by atoms with van der Waals surface area (Å²) in [5.74, 6) is 0. The quantitative estimate of drug-likeness (QED) is 0.694. The Morgan fingerprint density at radius 1 is 1.00 bits per heavy atom. The molecule has 0 spiro atoms. The van der Waals surface area contributed by atoms with E-state index in [4.69, 9.17) is 0 Å². The third-order valence-corrected chi connectivity index (χ3v) is 4.45. The van der Waals surface area contributed by atoms with Gasteiger partial charge in [-0.15, -0.1) is 0 Å². The maximum absolute atomic E-state index is 2.38. The Morgan fingerprint density at radius 3 is 1.86 bits per heavy atom. The monoisotopic (exact) mass is 210 g/mol. The minimum Gasteiger partial charge on any atom is -0.223 e. The van der Waals surface area contributed by atoms with Crippen molar-refractivity contribution in [2.75, 3.05) is 18.8 Å². The number of rotatable bonds is 2. The zero-order chi connectivity index (χ0) is 10.9. The third-order valence-electron chi connectivity index (χ3n) is 2.66. The van der Waals surface area contributed by atoms with Crippen molar-refractivity contribution < 1.29 is 0 Å². The van der Waals surface area contributed by atoms with E-state index >= 15 is 0 Å². The van der Waals surface area contributed by atoms with Gasteiger partial charge in [0.2, 0.25) is 0 Å². The van der Waals surface area contributed by atoms with E-state index in [-0.39, 0.29) is 0 Å². The lowest BCUT2D eigenvalue weighted by molar-refractivity contribution is 1.03. The molecule has 0 nitrogen and oxygen atoms in total. The maximum atomic E-state index is 2.38. The number of hydrogen-bond acceptors (Lipinski definition) is 0. The molecule has 80 valence electrons. The number of aryl methyl sites for hydroxylation is 2. The van der Waals surface area contributed by atoms with Crippen molar-refractivity contribution >= 4 is 10.0 Å². The van der Waals surface area contributed by atoms with Crippen molar-refractivity contribution in [3.05, 3.63) is 28.8 Å². The molecule has 0 unspecified atom stereocenters. The first-order valence-electron chi connectivity index (χ1n) is 5.15. The van der Waals surface area contributed by atoms with Crippen molar-refractivity contribution in [2.24, 2.45) is 0 Å². The SMILES string of the molecule is CCc1c(C)ccc(C)c1S(C)(C)C. The van der Waals surface area contributed by atoms with E-state index in [1.165, 1.54) is 11.1 Å². The van der Waals surface area contributed by atoms with Crippen molar-refractivity contribution in [2.45, 2.75) is 32.1 Å². The van der Waals surface area contributed by atoms with E-state index in [1.807, 2.05) is 0 Å². The molecule has 1 heteroatoms. The van der Waals surface area contributed by atoms with Gasteiger partial charge in [-0.3, -0.25) is 0 Å². The molecular formula is C13H22S. The average Bonchev–Trinajstić information content (AvgIpc) is 2.06. The summed E-state index contributed by atoms with van der Waals surface area (Å²) < 4.78 is 0. The lowest BCUT2D eigenvalue weighted by Gasteiger charge is -2.31. The molecule has 0 bridgehead atoms. The molecule has 0 amide bonds. The first kappa shape index (κ1) is 11.6. The molecule has 0 aliphatic carbocycles. The summed E-state index contributed by atoms with van der Waals surface area (Å²) in [6.07, 6.45) is 8.31. The molecule has 0 aliphatic rings. The fourth-order valence-electron chi connectivity index (χ4n) is 2.14. The summed E-state index contributed by atoms with van der Waals surface area (Å²) >= 11 is 0. The van der Waals surface area contributed by atoms with Crippen LogP contribution in [0.2, 0.25) is 0 Å². The van der Waals surface area contributed by atoms with Crippen LogP contribution in [0.4, 0.5) is 0 Å². The van der Waals surface area contributed by atoms with Crippen LogP contribution < -0.4 is 0 Å². The van der Waals surface area contributed by atoms with Crippen molar-refractivity contribution in [1.82, 2.24) is 0 Å². The largest absolute Gasteiger partial charge is 0.223 e. The van der Waals surface area contributed by atoms with E-state index in [9.17, 15) is 0 Å². The summed E-state index contributed by atoms with van der Waals surface area (Å²) in [7, 11) is -0.599. The van der Waals surface area contributed by atoms with Crippen LogP contribution in [0.15, 0.2) is 17.0 Å². The normalized spacial score (nSPS) is 13.0. The molecule has 1 rings (SSSR count). The Labute approximate surface area is 90.0 Å². The zero-order valence-corrected chi connectivity index (χ0v) is 11.1. The highest BCUT2D eigenvalue weighted by atomic mass is 32.3. The van der Waals surface area contributed by atoms with Gasteiger partial charge in [-0.1, -0.05) is 19.1 Å². The highest BCUT2D eigenvalue weighted by molar-refractivity contribution is 8.32. The Kier molecular flexibility index (Phi) is 3.31. The van der Waals surface area contributed by atoms with Gasteiger partial charge in [0.25, 0.3) is 0 Å². The Bertz CT molecular complexity index is 332. The van der Waals surface area contributed by atoms with Gasteiger partial charge in [0.15, 0.2) is 0 Å². The zero-order valence-electron chi connectivity index (χ0n) is 10.3. The third kappa shape index (κ3) is 2.14. The van der Waals surface area contributed by atoms with Gasteiger partial charge in [-0.05, 0) is 60.6 Å². The summed E-state index contributed by atoms with van der Waals surface area (Å²) in [6, 6.07) is 4.52. The van der Waals surface area contributed by atoms with Crippen molar-refractivity contribution in [1.29, 1.82) is 0 Å². The minimum atomic E-state index is -0.599. The average molecular weight is 210 g/mol. The topological polar surface area (TPSA) is 0 Å². The summed E-state index contributed by atoms with van der Waals surface area (Å²) in [6.45, 7) is 6.73. The highest BCUT2D eigenvalue weighted by Crippen LogP contribution is 2.49. The maximum Gasteiger partial charge on any atom is -0.00422 e. The van der Waals surface area contributed by atoms with Gasteiger partial charge >= 0.3 is 0 Å². The number of benzene rings is 1. The molecule has 0 saturated carbocycles. The van der Waals surface area contributed by atoms with E-state index in [0.29, 0.717) is 0 Å². The lowest BCUT2D eigenvalue weighted by atomic mass is 10.0. The molecule has 1 aromatic carbocycles. The second kappa shape index (κ2) is 3.98. The predicted octanol–water partition coefficient (Wildman–Crippen LogP) is 3.92. The van der Waals surface area contributed by atoms with Crippen LogP contribution in [0, 0.1) is 13.8 Å². The predicted molar refractivity (Wildman–Crippen MR) is 68.9 cm³/mol. The molecule has 1 aromatic rings. The van der Waals surface area contributed by atoms with Crippen molar-refractivity contribution in [3.63, 3.8) is 0 Å². The molecule has 0 saturated heterocycles. The smallest absolute Gasteiger partial charge is 0.00422 e. The highest BCUT2D eigenvalue weighted by Gasteiger charge is 2.16. The fourth-order valence-corrected chi connectivity index (χ4v) is 4.21. The van der Waals surface area contributed by atoms with Gasteiger partial charge < -0.3 is 0 Å². The second-order valence-corrected chi connectivity index (χ2v) is 8.78. The molecule has 0 radical (unpaired) electrons. The molecule has 0 N–H and O–H groups in total. The van der Waals surface area contributed by atoms with Crippen LogP contribution in [-0.4, -0.2) is 18.8 Å². The van der Waals surface area contributed by atoms with E-state index < -0.39 is 10.0 Å². The molecule has 14 heavy (non-hydrogen) atoms. The minimum absolute atomic E-state index is 0.599. The fraction of sp³-hybridized carbons (Fsp3) is 0.538. The summed E-state index contributed by atoms with van der Waals surface area (Å²) in [4.78, 5) is 1.63. The first-order chi connectivity index (χ1) is 6.38. The van der Waals surface area contributed by atoms with Crippen LogP contribution in [0.25, 0.3) is 0 Å². The summed E-state index contributed by atoms with van der Waals surface area (Å²) in [5.41, 5.74) is 4.50. The van der Waals surface area contributed by atoms with Crippen LogP contribution in [0.5, 0.6) is 0 Å². The molecule has 0 heterocycles. The number of hydrogen-bond donors (Lipinski definition) is 0. The Hall–Kier alpha value is -0.430. The Morgan fingerprint density at radius 2 is 1.50 bits per heavy atom. The molecule has 0 aromatic heterocycles. The standard InChI is InChI=1S/C13H22S/c1-7-12-10(2)8-9-11(3)13(12)14(4,5)6/h8-9H,7H2,1-6H3. The van der Waals surface area contributed by atoms with Crippen LogP contribution >= 0.6 is 10.0 Å². The molecule has 0 aliphatic heterocycles. The van der Waals surface area contributed by atoms with Crippen LogP contribution in [0.1, 0.15) is 23.6 Å². The first-order valence-corrected chi connectivity index (χ1v) is 8.01. The van der Waals surface area contributed by atoms with Gasteiger partial charge in [0.1, 0.15) is 0 Å². The van der Waals surface area contributed by atoms with Gasteiger partial charge in [-0.25, -0.2) is 10.0 Å². The van der Waals surface area contributed by atoms with E-state index in [0.717, 1.165) is 6.42 Å². The Balaban J connectivity index is 3.46. The van der Waals surface area contributed by atoms with Gasteiger partial charge in [-0.2, -0.15) is 0 Å². The molecular weight excluding hydrogens is 188 g/mol. The lowest BCUT2D eigenvalue weighted by Crippen LogP contribution is -2.03. The van der Waals surface area contributed by atoms with E-state index in [1.54, 1.807) is 10.5 Å². The molecule has 0 atom stereocenters. The van der Waals surface area contributed by atoms with Gasteiger partial charge in [0.05, 0.1) is 0 Å². The second-order valence-electron chi connectivity index (χ2n) is 4.70. The van der Waals surface area contributed by atoms with Gasteiger partial charge in [0, 0.05) is 0 Å². The molecule has 0 fully saturated rings. The van der Waals surface area contributed by atoms with Crippen LogP contribution in [0.3, 0.4) is 0 Å². The summed E-state index contributed by atoms with van der Waals surface area (Å²) in [5, 5.41) is 0. The van der Waals surface area contributed by atoms with Crippen LogP contribution in [-0.2, 0) is 6.42 Å². The van der Waals surface area contributed by atoms with E-state index in [2.05, 4.69) is 51.7 Å². The van der Waals surface area contributed by atoms with Crippen molar-refractivity contribution in [3.8, 4) is 0 Å².